The Morgan fingerprint density at radius 2 is 2.00 bits per heavy atom. The van der Waals surface area contributed by atoms with E-state index in [9.17, 15) is 0 Å². The van der Waals surface area contributed by atoms with Crippen LogP contribution in [0.1, 0.15) is 24.5 Å². The van der Waals surface area contributed by atoms with Gasteiger partial charge in [0.25, 0.3) is 0 Å². The first-order chi connectivity index (χ1) is 15.7. The number of nitrogens with one attached hydrogen (secondary N) is 1. The third-order valence-corrected chi connectivity index (χ3v) is 6.16. The Labute approximate surface area is 190 Å². The molecule has 4 rings (SSSR count). The van der Waals surface area contributed by atoms with Crippen LogP contribution in [0, 0.1) is 6.92 Å². The number of hydrogen-bond donors (Lipinski definition) is 1. The first kappa shape index (κ1) is 22.5. The van der Waals surface area contributed by atoms with Crippen molar-refractivity contribution in [2.75, 3.05) is 52.5 Å². The van der Waals surface area contributed by atoms with Crippen molar-refractivity contribution in [2.45, 2.75) is 32.4 Å². The number of rotatable bonds is 8. The Morgan fingerprint density at radius 3 is 2.69 bits per heavy atom. The van der Waals surface area contributed by atoms with Crippen LogP contribution >= 0.6 is 0 Å². The van der Waals surface area contributed by atoms with Crippen LogP contribution in [0.15, 0.2) is 35.3 Å². The zero-order valence-corrected chi connectivity index (χ0v) is 19.2. The highest BCUT2D eigenvalue weighted by Gasteiger charge is 2.22. The summed E-state index contributed by atoms with van der Waals surface area (Å²) < 4.78 is 13.6. The number of hydrogen-bond acceptors (Lipinski definition) is 6. The number of aromatic nitrogens is 3. The molecule has 32 heavy (non-hydrogen) atoms. The van der Waals surface area contributed by atoms with Crippen molar-refractivity contribution >= 4 is 5.96 Å². The van der Waals surface area contributed by atoms with Gasteiger partial charge in [-0.1, -0.05) is 18.2 Å². The van der Waals surface area contributed by atoms with E-state index in [1.54, 1.807) is 0 Å². The van der Waals surface area contributed by atoms with Crippen LogP contribution in [0.5, 0.6) is 5.75 Å². The van der Waals surface area contributed by atoms with Gasteiger partial charge >= 0.3 is 0 Å². The molecule has 9 heteroatoms. The molecule has 1 atom stereocenters. The lowest BCUT2D eigenvalue weighted by atomic mass is 10.2. The standard InChI is InChI=1S/C23H35N7O2/c1-19-26-27-22(28(19)2)18-25-23(24-17-21-9-6-15-31-21)30-12-10-29(11-13-30)14-16-32-20-7-4-3-5-8-20/h3-5,7-8,21H,6,9-18H2,1-2H3,(H,24,25). The number of piperazine rings is 1. The fourth-order valence-corrected chi connectivity index (χ4v) is 4.01. The lowest BCUT2D eigenvalue weighted by molar-refractivity contribution is 0.111. The van der Waals surface area contributed by atoms with Crippen LogP contribution in [0.2, 0.25) is 0 Å². The van der Waals surface area contributed by atoms with E-state index in [1.807, 2.05) is 48.9 Å². The molecule has 1 unspecified atom stereocenters. The molecule has 2 aromatic rings. The zero-order chi connectivity index (χ0) is 22.2. The molecule has 1 N–H and O–H groups in total. The van der Waals surface area contributed by atoms with Gasteiger partial charge in [0, 0.05) is 52.9 Å². The van der Waals surface area contributed by atoms with Gasteiger partial charge in [0.1, 0.15) is 24.7 Å². The highest BCUT2D eigenvalue weighted by atomic mass is 16.5. The van der Waals surface area contributed by atoms with Crippen molar-refractivity contribution in [3.05, 3.63) is 42.0 Å². The van der Waals surface area contributed by atoms with Crippen LogP contribution < -0.4 is 10.1 Å². The quantitative estimate of drug-likeness (QED) is 0.491. The Kier molecular flexibility index (Phi) is 7.95. The molecule has 0 spiro atoms. The van der Waals surface area contributed by atoms with Crippen LogP contribution in [-0.2, 0) is 18.3 Å². The lowest BCUT2D eigenvalue weighted by Gasteiger charge is -2.36. The molecule has 0 bridgehead atoms. The monoisotopic (exact) mass is 441 g/mol. The van der Waals surface area contributed by atoms with Gasteiger partial charge in [0.15, 0.2) is 11.8 Å². The van der Waals surface area contributed by atoms with Gasteiger partial charge in [-0.3, -0.25) is 4.90 Å². The summed E-state index contributed by atoms with van der Waals surface area (Å²) in [5.74, 6) is 3.63. The molecule has 9 nitrogen and oxygen atoms in total. The second-order valence-electron chi connectivity index (χ2n) is 8.37. The largest absolute Gasteiger partial charge is 0.492 e. The second-order valence-corrected chi connectivity index (χ2v) is 8.37. The molecule has 174 valence electrons. The van der Waals surface area contributed by atoms with E-state index < -0.39 is 0 Å². The molecule has 2 saturated heterocycles. The number of benzene rings is 1. The third-order valence-electron chi connectivity index (χ3n) is 6.16. The Balaban J connectivity index is 1.29. The maximum absolute atomic E-state index is 5.86. The molecule has 2 aliphatic rings. The summed E-state index contributed by atoms with van der Waals surface area (Å²) in [7, 11) is 1.98. The maximum Gasteiger partial charge on any atom is 0.194 e. The molecule has 0 aliphatic carbocycles. The number of para-hydroxylation sites is 1. The topological polar surface area (TPSA) is 80.0 Å². The highest BCUT2D eigenvalue weighted by Crippen LogP contribution is 2.12. The lowest BCUT2D eigenvalue weighted by Crippen LogP contribution is -2.53. The molecule has 0 saturated carbocycles. The summed E-state index contributed by atoms with van der Waals surface area (Å²) in [5, 5.41) is 12.0. The van der Waals surface area contributed by atoms with Gasteiger partial charge < -0.3 is 24.3 Å². The number of aliphatic imine (C=N–C) groups is 1. The van der Waals surface area contributed by atoms with Gasteiger partial charge in [0.05, 0.1) is 6.10 Å². The third kappa shape index (κ3) is 6.20. The summed E-state index contributed by atoms with van der Waals surface area (Å²) in [4.78, 5) is 9.68. The van der Waals surface area contributed by atoms with Crippen molar-refractivity contribution in [2.24, 2.45) is 12.0 Å². The molecule has 1 aromatic heterocycles. The van der Waals surface area contributed by atoms with Crippen molar-refractivity contribution in [1.82, 2.24) is 29.9 Å². The molecular formula is C23H35N7O2. The minimum atomic E-state index is 0.272. The van der Waals surface area contributed by atoms with Crippen LogP contribution in [0.4, 0.5) is 0 Å². The number of guanidine groups is 1. The average Bonchev–Trinajstić information content (AvgIpc) is 3.46. The smallest absolute Gasteiger partial charge is 0.194 e. The van der Waals surface area contributed by atoms with Crippen molar-refractivity contribution < 1.29 is 9.47 Å². The minimum absolute atomic E-state index is 0.272. The number of aryl methyl sites for hydroxylation is 1. The predicted molar refractivity (Wildman–Crippen MR) is 124 cm³/mol. The summed E-state index contributed by atoms with van der Waals surface area (Å²) in [5.41, 5.74) is 0. The van der Waals surface area contributed by atoms with Gasteiger partial charge in [0.2, 0.25) is 0 Å². The summed E-state index contributed by atoms with van der Waals surface area (Å²) in [6.07, 6.45) is 2.52. The number of nitrogens with zero attached hydrogens (tertiary/aromatic N) is 6. The normalized spacial score (nSPS) is 20.0. The van der Waals surface area contributed by atoms with E-state index in [0.717, 1.165) is 82.1 Å². The molecule has 0 amide bonds. The first-order valence-corrected chi connectivity index (χ1v) is 11.6. The Morgan fingerprint density at radius 1 is 1.19 bits per heavy atom. The second kappa shape index (κ2) is 11.3. The van der Waals surface area contributed by atoms with Crippen molar-refractivity contribution in [3.8, 4) is 5.75 Å². The van der Waals surface area contributed by atoms with E-state index >= 15 is 0 Å². The Hall–Kier alpha value is -2.65. The average molecular weight is 442 g/mol. The first-order valence-electron chi connectivity index (χ1n) is 11.6. The van der Waals surface area contributed by atoms with Crippen LogP contribution in [-0.4, -0.2) is 89.1 Å². The van der Waals surface area contributed by atoms with Crippen molar-refractivity contribution in [1.29, 1.82) is 0 Å². The molecule has 2 aliphatic heterocycles. The molecule has 3 heterocycles. The Bertz CT molecular complexity index is 856. The summed E-state index contributed by atoms with van der Waals surface area (Å²) >= 11 is 0. The predicted octanol–water partition coefficient (Wildman–Crippen LogP) is 1.44. The van der Waals surface area contributed by atoms with E-state index in [2.05, 4.69) is 25.3 Å². The highest BCUT2D eigenvalue weighted by molar-refractivity contribution is 5.80. The molecular weight excluding hydrogens is 406 g/mol. The maximum atomic E-state index is 5.86. The fraction of sp³-hybridized carbons (Fsp3) is 0.609. The van der Waals surface area contributed by atoms with E-state index in [0.29, 0.717) is 13.2 Å². The zero-order valence-electron chi connectivity index (χ0n) is 19.2. The van der Waals surface area contributed by atoms with Gasteiger partial charge in [-0.25, -0.2) is 4.99 Å². The molecule has 2 fully saturated rings. The van der Waals surface area contributed by atoms with Crippen LogP contribution in [0.25, 0.3) is 0 Å². The van der Waals surface area contributed by atoms with Gasteiger partial charge in [-0.05, 0) is 31.9 Å². The molecule has 1 aromatic carbocycles. The molecule has 0 radical (unpaired) electrons. The minimum Gasteiger partial charge on any atom is -0.492 e. The van der Waals surface area contributed by atoms with Crippen LogP contribution in [0.3, 0.4) is 0 Å². The number of ether oxygens (including phenoxy) is 2. The van der Waals surface area contributed by atoms with Crippen molar-refractivity contribution in [3.63, 3.8) is 0 Å². The van der Waals surface area contributed by atoms with Gasteiger partial charge in [-0.15, -0.1) is 10.2 Å². The van der Waals surface area contributed by atoms with Gasteiger partial charge in [-0.2, -0.15) is 0 Å². The van der Waals surface area contributed by atoms with E-state index in [-0.39, 0.29) is 6.10 Å². The summed E-state index contributed by atoms with van der Waals surface area (Å²) in [6.45, 7) is 9.59. The summed E-state index contributed by atoms with van der Waals surface area (Å²) in [6, 6.07) is 10.0. The fourth-order valence-electron chi connectivity index (χ4n) is 4.01. The van der Waals surface area contributed by atoms with E-state index in [4.69, 9.17) is 14.5 Å². The SMILES string of the molecule is Cc1nnc(CN=C(NCC2CCCO2)N2CCN(CCOc3ccccc3)CC2)n1C. The van der Waals surface area contributed by atoms with E-state index in [1.165, 1.54) is 0 Å².